The molecule has 3 nitrogen and oxygen atoms in total. The van der Waals surface area contributed by atoms with E-state index >= 15 is 0 Å². The predicted octanol–water partition coefficient (Wildman–Crippen LogP) is 2.97. The number of nitrogens with zero attached hydrogens (tertiary/aromatic N) is 2. The smallest absolute Gasteiger partial charge is 0.157 e. The Hall–Kier alpha value is -1.77. The first kappa shape index (κ1) is 11.3. The highest BCUT2D eigenvalue weighted by molar-refractivity contribution is 5.35. The van der Waals surface area contributed by atoms with Crippen LogP contribution < -0.4 is 4.74 Å². The normalized spacial score (nSPS) is 13.6. The maximum Gasteiger partial charge on any atom is 0.157 e. The van der Waals surface area contributed by atoms with E-state index in [1.807, 2.05) is 10.9 Å². The molecule has 0 aliphatic heterocycles. The van der Waals surface area contributed by atoms with E-state index in [1.165, 1.54) is 36.0 Å². The fraction of sp³-hybridized carbons (Fsp3) is 0.400. The molecule has 0 fully saturated rings. The molecule has 0 bridgehead atoms. The summed E-state index contributed by atoms with van der Waals surface area (Å²) < 4.78 is 7.62. The van der Waals surface area contributed by atoms with Gasteiger partial charge in [-0.2, -0.15) is 5.10 Å². The van der Waals surface area contributed by atoms with Crippen LogP contribution in [0.4, 0.5) is 0 Å². The van der Waals surface area contributed by atoms with E-state index in [0.717, 1.165) is 12.3 Å². The average molecular weight is 242 g/mol. The molecular formula is C15H18N2O. The maximum absolute atomic E-state index is 5.75. The van der Waals surface area contributed by atoms with Gasteiger partial charge >= 0.3 is 0 Å². The summed E-state index contributed by atoms with van der Waals surface area (Å²) in [6.45, 7) is 3.57. The van der Waals surface area contributed by atoms with Gasteiger partial charge in [0, 0.05) is 6.54 Å². The summed E-state index contributed by atoms with van der Waals surface area (Å²) in [5.74, 6) is 0.845. The zero-order valence-corrected chi connectivity index (χ0v) is 10.7. The summed E-state index contributed by atoms with van der Waals surface area (Å²) in [5.41, 5.74) is 4.26. The lowest BCUT2D eigenvalue weighted by atomic mass is 10.1. The number of benzene rings is 1. The van der Waals surface area contributed by atoms with Crippen LogP contribution in [-0.2, 0) is 26.0 Å². The lowest BCUT2D eigenvalue weighted by Crippen LogP contribution is -1.96. The van der Waals surface area contributed by atoms with Crippen molar-refractivity contribution in [2.24, 2.45) is 0 Å². The van der Waals surface area contributed by atoms with Gasteiger partial charge in [0.1, 0.15) is 6.61 Å². The van der Waals surface area contributed by atoms with Crippen LogP contribution in [0.2, 0.25) is 0 Å². The molecule has 18 heavy (non-hydrogen) atoms. The van der Waals surface area contributed by atoms with Gasteiger partial charge in [0.15, 0.2) is 5.75 Å². The Balaban J connectivity index is 1.66. The van der Waals surface area contributed by atoms with Gasteiger partial charge < -0.3 is 4.74 Å². The molecular weight excluding hydrogens is 224 g/mol. The molecule has 1 aliphatic carbocycles. The molecule has 0 amide bonds. The number of rotatable bonds is 4. The van der Waals surface area contributed by atoms with E-state index in [2.05, 4.69) is 30.2 Å². The SMILES string of the molecule is CCn1cc(OCc2ccc3c(c2)CCC3)cn1. The van der Waals surface area contributed by atoms with E-state index in [1.54, 1.807) is 6.20 Å². The van der Waals surface area contributed by atoms with Gasteiger partial charge in [-0.3, -0.25) is 4.68 Å². The fourth-order valence-electron chi connectivity index (χ4n) is 2.47. The van der Waals surface area contributed by atoms with Gasteiger partial charge in [-0.25, -0.2) is 0 Å². The maximum atomic E-state index is 5.75. The minimum absolute atomic E-state index is 0.628. The van der Waals surface area contributed by atoms with Crippen molar-refractivity contribution >= 4 is 0 Å². The highest BCUT2D eigenvalue weighted by Crippen LogP contribution is 2.23. The van der Waals surface area contributed by atoms with Crippen LogP contribution in [-0.4, -0.2) is 9.78 Å². The Labute approximate surface area is 107 Å². The molecule has 0 radical (unpaired) electrons. The molecule has 3 rings (SSSR count). The van der Waals surface area contributed by atoms with Gasteiger partial charge in [0.25, 0.3) is 0 Å². The van der Waals surface area contributed by atoms with E-state index in [4.69, 9.17) is 4.74 Å². The molecule has 0 unspecified atom stereocenters. The summed E-state index contributed by atoms with van der Waals surface area (Å²) in [5, 5.41) is 4.20. The van der Waals surface area contributed by atoms with E-state index in [-0.39, 0.29) is 0 Å². The third kappa shape index (κ3) is 2.26. The van der Waals surface area contributed by atoms with E-state index in [9.17, 15) is 0 Å². The van der Waals surface area contributed by atoms with Gasteiger partial charge in [0.05, 0.1) is 12.4 Å². The summed E-state index contributed by atoms with van der Waals surface area (Å²) in [6.07, 6.45) is 7.46. The van der Waals surface area contributed by atoms with Crippen LogP contribution in [0.15, 0.2) is 30.6 Å². The Bertz CT molecular complexity index is 545. The summed E-state index contributed by atoms with van der Waals surface area (Å²) >= 11 is 0. The molecule has 0 saturated carbocycles. The average Bonchev–Trinajstić information content (AvgIpc) is 3.04. The van der Waals surface area contributed by atoms with Gasteiger partial charge in [0.2, 0.25) is 0 Å². The first-order valence-electron chi connectivity index (χ1n) is 6.61. The third-order valence-electron chi connectivity index (χ3n) is 3.50. The van der Waals surface area contributed by atoms with Crippen molar-refractivity contribution in [2.75, 3.05) is 0 Å². The van der Waals surface area contributed by atoms with Crippen LogP contribution in [0.25, 0.3) is 0 Å². The lowest BCUT2D eigenvalue weighted by molar-refractivity contribution is 0.305. The Morgan fingerprint density at radius 2 is 2.17 bits per heavy atom. The van der Waals surface area contributed by atoms with Crippen LogP contribution in [0.5, 0.6) is 5.75 Å². The van der Waals surface area contributed by atoms with Crippen molar-refractivity contribution in [1.82, 2.24) is 9.78 Å². The first-order valence-corrected chi connectivity index (χ1v) is 6.61. The molecule has 0 atom stereocenters. The van der Waals surface area contributed by atoms with Crippen LogP contribution in [0.3, 0.4) is 0 Å². The molecule has 1 aromatic carbocycles. The van der Waals surface area contributed by atoms with Crippen LogP contribution >= 0.6 is 0 Å². The zero-order valence-electron chi connectivity index (χ0n) is 10.7. The minimum Gasteiger partial charge on any atom is -0.486 e. The fourth-order valence-corrected chi connectivity index (χ4v) is 2.47. The van der Waals surface area contributed by atoms with Crippen LogP contribution in [0, 0.1) is 0 Å². The Morgan fingerprint density at radius 1 is 1.28 bits per heavy atom. The quantitative estimate of drug-likeness (QED) is 0.824. The number of fused-ring (bicyclic) bond motifs is 1. The number of hydrogen-bond acceptors (Lipinski definition) is 2. The van der Waals surface area contributed by atoms with Crippen molar-refractivity contribution in [3.63, 3.8) is 0 Å². The summed E-state index contributed by atoms with van der Waals surface area (Å²) in [4.78, 5) is 0. The first-order chi connectivity index (χ1) is 8.85. The number of aryl methyl sites for hydroxylation is 3. The standard InChI is InChI=1S/C15H18N2O/c1-2-17-10-15(9-16-17)18-11-12-6-7-13-4-3-5-14(13)8-12/h6-10H,2-5,11H2,1H3. The zero-order chi connectivity index (χ0) is 12.4. The molecule has 94 valence electrons. The molecule has 3 heteroatoms. The lowest BCUT2D eigenvalue weighted by Gasteiger charge is -2.06. The minimum atomic E-state index is 0.628. The monoisotopic (exact) mass is 242 g/mol. The van der Waals surface area contributed by atoms with Crippen molar-refractivity contribution in [3.8, 4) is 5.75 Å². The molecule has 1 aromatic heterocycles. The van der Waals surface area contributed by atoms with Crippen molar-refractivity contribution < 1.29 is 4.74 Å². The Kier molecular flexibility index (Phi) is 3.05. The third-order valence-corrected chi connectivity index (χ3v) is 3.50. The van der Waals surface area contributed by atoms with Gasteiger partial charge in [-0.05, 0) is 42.9 Å². The molecule has 2 aromatic rings. The second-order valence-corrected chi connectivity index (χ2v) is 4.78. The second-order valence-electron chi connectivity index (χ2n) is 4.78. The predicted molar refractivity (Wildman–Crippen MR) is 70.7 cm³/mol. The van der Waals surface area contributed by atoms with Crippen LogP contribution in [0.1, 0.15) is 30.0 Å². The van der Waals surface area contributed by atoms with Crippen molar-refractivity contribution in [2.45, 2.75) is 39.3 Å². The number of ether oxygens (including phenoxy) is 1. The van der Waals surface area contributed by atoms with Gasteiger partial charge in [-0.15, -0.1) is 0 Å². The van der Waals surface area contributed by atoms with Gasteiger partial charge in [-0.1, -0.05) is 18.2 Å². The molecule has 0 spiro atoms. The molecule has 1 heterocycles. The second kappa shape index (κ2) is 4.84. The molecule has 0 N–H and O–H groups in total. The highest BCUT2D eigenvalue weighted by atomic mass is 16.5. The summed E-state index contributed by atoms with van der Waals surface area (Å²) in [6, 6.07) is 6.71. The Morgan fingerprint density at radius 3 is 3.00 bits per heavy atom. The number of aromatic nitrogens is 2. The van der Waals surface area contributed by atoms with Crippen molar-refractivity contribution in [1.29, 1.82) is 0 Å². The van der Waals surface area contributed by atoms with E-state index in [0.29, 0.717) is 6.61 Å². The molecule has 1 aliphatic rings. The highest BCUT2D eigenvalue weighted by Gasteiger charge is 2.10. The number of hydrogen-bond donors (Lipinski definition) is 0. The molecule has 0 saturated heterocycles. The topological polar surface area (TPSA) is 27.1 Å². The van der Waals surface area contributed by atoms with E-state index < -0.39 is 0 Å². The van der Waals surface area contributed by atoms with Crippen molar-refractivity contribution in [3.05, 3.63) is 47.3 Å². The summed E-state index contributed by atoms with van der Waals surface area (Å²) in [7, 11) is 0. The largest absolute Gasteiger partial charge is 0.486 e.